The number of aliphatic hydroxyl groups is 1. The zero-order chi connectivity index (χ0) is 16.8. The van der Waals surface area contributed by atoms with Gasteiger partial charge in [0.25, 0.3) is 0 Å². The van der Waals surface area contributed by atoms with Gasteiger partial charge < -0.3 is 25.1 Å². The van der Waals surface area contributed by atoms with Crippen LogP contribution in [0.4, 0.5) is 16.2 Å². The average Bonchev–Trinajstić information content (AvgIpc) is 3.06. The van der Waals surface area contributed by atoms with Crippen LogP contribution < -0.4 is 15.5 Å². The minimum atomic E-state index is -0.867. The molecule has 0 aliphatic rings. The first-order chi connectivity index (χ1) is 11.0. The Hall–Kier alpha value is -2.47. The third kappa shape index (κ3) is 4.75. The Morgan fingerprint density at radius 3 is 2.74 bits per heavy atom. The maximum atomic E-state index is 11.9. The molecule has 0 saturated heterocycles. The number of amides is 2. The number of urea groups is 1. The highest BCUT2D eigenvalue weighted by Crippen LogP contribution is 2.20. The van der Waals surface area contributed by atoms with Crippen molar-refractivity contribution in [3.8, 4) is 0 Å². The molecule has 2 amide bonds. The summed E-state index contributed by atoms with van der Waals surface area (Å²) in [6, 6.07) is 10.9. The van der Waals surface area contributed by atoms with Gasteiger partial charge in [-0.15, -0.1) is 0 Å². The van der Waals surface area contributed by atoms with Crippen molar-refractivity contribution in [3.63, 3.8) is 0 Å². The van der Waals surface area contributed by atoms with Crippen LogP contribution in [0, 0.1) is 0 Å². The van der Waals surface area contributed by atoms with Crippen molar-refractivity contribution in [2.75, 3.05) is 23.8 Å². The smallest absolute Gasteiger partial charge is 0.319 e. The maximum Gasteiger partial charge on any atom is 0.319 e. The normalized spacial score (nSPS) is 12.0. The first-order valence-electron chi connectivity index (χ1n) is 7.56. The van der Waals surface area contributed by atoms with Crippen LogP contribution in [0.25, 0.3) is 0 Å². The molecule has 23 heavy (non-hydrogen) atoms. The number of benzene rings is 1. The van der Waals surface area contributed by atoms with Crippen molar-refractivity contribution in [3.05, 3.63) is 48.4 Å². The first-order valence-corrected chi connectivity index (χ1v) is 7.56. The number of carbonyl (C=O) groups is 1. The van der Waals surface area contributed by atoms with E-state index < -0.39 is 6.10 Å². The molecule has 0 radical (unpaired) electrons. The van der Waals surface area contributed by atoms with Gasteiger partial charge >= 0.3 is 6.03 Å². The van der Waals surface area contributed by atoms with Crippen molar-refractivity contribution in [1.82, 2.24) is 5.32 Å². The van der Waals surface area contributed by atoms with Gasteiger partial charge in [-0.2, -0.15) is 0 Å². The third-order valence-corrected chi connectivity index (χ3v) is 3.61. The Kier molecular flexibility index (Phi) is 5.65. The van der Waals surface area contributed by atoms with Crippen LogP contribution in [0.5, 0.6) is 0 Å². The molecule has 0 aliphatic carbocycles. The molecule has 2 rings (SSSR count). The van der Waals surface area contributed by atoms with Crippen LogP contribution >= 0.6 is 0 Å². The van der Waals surface area contributed by atoms with Gasteiger partial charge in [-0.25, -0.2) is 4.79 Å². The van der Waals surface area contributed by atoms with Gasteiger partial charge in [0.15, 0.2) is 0 Å². The highest BCUT2D eigenvalue weighted by Gasteiger charge is 2.12. The molecular weight excluding hydrogens is 294 g/mol. The SMILES string of the molecule is CC(C)N(C)c1cccc(NC(=O)NCC(O)c2ccco2)c1. The molecule has 1 aromatic heterocycles. The summed E-state index contributed by atoms with van der Waals surface area (Å²) in [7, 11) is 2.00. The molecule has 1 atom stereocenters. The Bertz CT molecular complexity index is 626. The lowest BCUT2D eigenvalue weighted by Crippen LogP contribution is -2.32. The van der Waals surface area contributed by atoms with E-state index in [1.807, 2.05) is 31.3 Å². The van der Waals surface area contributed by atoms with Crippen molar-refractivity contribution in [1.29, 1.82) is 0 Å². The van der Waals surface area contributed by atoms with Crippen LogP contribution in [0.3, 0.4) is 0 Å². The Labute approximate surface area is 136 Å². The number of aliphatic hydroxyl groups excluding tert-OH is 1. The monoisotopic (exact) mass is 317 g/mol. The van der Waals surface area contributed by atoms with Gasteiger partial charge in [0.1, 0.15) is 11.9 Å². The number of furan rings is 1. The molecule has 0 fully saturated rings. The van der Waals surface area contributed by atoms with Crippen LogP contribution in [-0.2, 0) is 0 Å². The predicted molar refractivity (Wildman–Crippen MR) is 90.7 cm³/mol. The number of carbonyl (C=O) groups excluding carboxylic acids is 1. The molecule has 1 unspecified atom stereocenters. The Balaban J connectivity index is 1.89. The molecule has 0 aliphatic heterocycles. The quantitative estimate of drug-likeness (QED) is 0.765. The molecule has 6 heteroatoms. The van der Waals surface area contributed by atoms with Crippen LogP contribution in [-0.4, -0.2) is 30.8 Å². The minimum absolute atomic E-state index is 0.0743. The minimum Gasteiger partial charge on any atom is -0.467 e. The van der Waals surface area contributed by atoms with E-state index in [9.17, 15) is 9.90 Å². The van der Waals surface area contributed by atoms with Gasteiger partial charge in [0.05, 0.1) is 12.8 Å². The number of rotatable bonds is 6. The van der Waals surface area contributed by atoms with Crippen LogP contribution in [0.1, 0.15) is 25.7 Å². The third-order valence-electron chi connectivity index (χ3n) is 3.61. The van der Waals surface area contributed by atoms with E-state index in [-0.39, 0.29) is 12.6 Å². The van der Waals surface area contributed by atoms with Crippen molar-refractivity contribution >= 4 is 17.4 Å². The molecular formula is C17H23N3O3. The molecule has 3 N–H and O–H groups in total. The summed E-state index contributed by atoms with van der Waals surface area (Å²) >= 11 is 0. The number of anilines is 2. The maximum absolute atomic E-state index is 11.9. The summed E-state index contributed by atoms with van der Waals surface area (Å²) < 4.78 is 5.08. The van der Waals surface area contributed by atoms with Gasteiger partial charge in [-0.3, -0.25) is 0 Å². The standard InChI is InChI=1S/C17H23N3O3/c1-12(2)20(3)14-7-4-6-13(10-14)19-17(22)18-11-15(21)16-8-5-9-23-16/h4-10,12,15,21H,11H2,1-3H3,(H2,18,19,22). The summed E-state index contributed by atoms with van der Waals surface area (Å²) in [5.74, 6) is 0.422. The van der Waals surface area contributed by atoms with Gasteiger partial charge in [0.2, 0.25) is 0 Å². The van der Waals surface area contributed by atoms with Crippen LogP contribution in [0.2, 0.25) is 0 Å². The topological polar surface area (TPSA) is 77.7 Å². The number of nitrogens with zero attached hydrogens (tertiary/aromatic N) is 1. The highest BCUT2D eigenvalue weighted by atomic mass is 16.4. The molecule has 6 nitrogen and oxygen atoms in total. The molecule has 1 heterocycles. The molecule has 0 spiro atoms. The molecule has 0 saturated carbocycles. The fourth-order valence-corrected chi connectivity index (χ4v) is 2.05. The van der Waals surface area contributed by atoms with Gasteiger partial charge in [-0.1, -0.05) is 6.07 Å². The summed E-state index contributed by atoms with van der Waals surface area (Å²) in [5, 5.41) is 15.2. The molecule has 0 bridgehead atoms. The zero-order valence-electron chi connectivity index (χ0n) is 13.6. The summed E-state index contributed by atoms with van der Waals surface area (Å²) in [4.78, 5) is 14.0. The molecule has 2 aromatic rings. The second-order valence-corrected chi connectivity index (χ2v) is 5.62. The van der Waals surface area contributed by atoms with Crippen LogP contribution in [0.15, 0.2) is 47.1 Å². The number of hydrogen-bond acceptors (Lipinski definition) is 4. The number of hydrogen-bond donors (Lipinski definition) is 3. The van der Waals surface area contributed by atoms with Crippen molar-refractivity contribution in [2.24, 2.45) is 0 Å². The van der Waals surface area contributed by atoms with E-state index in [1.54, 1.807) is 12.1 Å². The molecule has 1 aromatic carbocycles. The lowest BCUT2D eigenvalue weighted by atomic mass is 10.2. The van der Waals surface area contributed by atoms with E-state index in [4.69, 9.17) is 4.42 Å². The van der Waals surface area contributed by atoms with Gasteiger partial charge in [-0.05, 0) is 44.2 Å². The Morgan fingerprint density at radius 2 is 2.09 bits per heavy atom. The predicted octanol–water partition coefficient (Wildman–Crippen LogP) is 2.98. The van der Waals surface area contributed by atoms with E-state index in [1.165, 1.54) is 6.26 Å². The summed E-state index contributed by atoms with van der Waals surface area (Å²) in [6.45, 7) is 4.27. The van der Waals surface area contributed by atoms with E-state index in [2.05, 4.69) is 29.4 Å². The van der Waals surface area contributed by atoms with E-state index in [0.717, 1.165) is 5.69 Å². The number of nitrogens with one attached hydrogen (secondary N) is 2. The molecule has 124 valence electrons. The van der Waals surface area contributed by atoms with Gasteiger partial charge in [0, 0.05) is 24.5 Å². The van der Waals surface area contributed by atoms with E-state index >= 15 is 0 Å². The zero-order valence-corrected chi connectivity index (χ0v) is 13.6. The Morgan fingerprint density at radius 1 is 1.30 bits per heavy atom. The summed E-state index contributed by atoms with van der Waals surface area (Å²) in [6.07, 6.45) is 0.615. The lowest BCUT2D eigenvalue weighted by Gasteiger charge is -2.24. The summed E-state index contributed by atoms with van der Waals surface area (Å²) in [5.41, 5.74) is 1.72. The van der Waals surface area contributed by atoms with E-state index in [0.29, 0.717) is 17.5 Å². The fraction of sp³-hybridized carbons (Fsp3) is 0.353. The fourth-order valence-electron chi connectivity index (χ4n) is 2.05. The average molecular weight is 317 g/mol. The largest absolute Gasteiger partial charge is 0.467 e. The second-order valence-electron chi connectivity index (χ2n) is 5.62. The highest BCUT2D eigenvalue weighted by molar-refractivity contribution is 5.89. The second kappa shape index (κ2) is 7.69. The van der Waals surface area contributed by atoms with Crippen molar-refractivity contribution < 1.29 is 14.3 Å². The lowest BCUT2D eigenvalue weighted by molar-refractivity contribution is 0.149. The first kappa shape index (κ1) is 16.9. The van der Waals surface area contributed by atoms with Crippen molar-refractivity contribution in [2.45, 2.75) is 26.0 Å².